The van der Waals surface area contributed by atoms with Crippen molar-refractivity contribution in [2.24, 2.45) is 17.8 Å². The van der Waals surface area contributed by atoms with Crippen LogP contribution in [0.5, 0.6) is 0 Å². The van der Waals surface area contributed by atoms with Crippen molar-refractivity contribution in [2.75, 3.05) is 4.90 Å². The van der Waals surface area contributed by atoms with Gasteiger partial charge in [-0.25, -0.2) is 0 Å². The van der Waals surface area contributed by atoms with Gasteiger partial charge in [0, 0.05) is 64.3 Å². The summed E-state index contributed by atoms with van der Waals surface area (Å²) in [5, 5.41) is 0. The molecule has 1 fully saturated rings. The van der Waals surface area contributed by atoms with Crippen LogP contribution in [0.4, 0.5) is 5.69 Å². The first-order valence-corrected chi connectivity index (χ1v) is 24.1. The van der Waals surface area contributed by atoms with Gasteiger partial charge in [-0.05, 0) is 152 Å². The molecule has 0 amide bonds. The minimum Gasteiger partial charge on any atom is -0.318 e. The van der Waals surface area contributed by atoms with E-state index in [-0.39, 0.29) is 5.41 Å². The van der Waals surface area contributed by atoms with E-state index in [9.17, 15) is 0 Å². The number of likely N-dealkylation sites (tertiary alicyclic amines) is 1. The predicted molar refractivity (Wildman–Crippen MR) is 255 cm³/mol. The largest absolute Gasteiger partial charge is 0.318 e. The average Bonchev–Trinajstić information content (AvgIpc) is 3.78. The highest BCUT2D eigenvalue weighted by atomic mass is 15.3. The second kappa shape index (κ2) is 15.2. The number of nitrogens with zero attached hydrogens (tertiary/aromatic N) is 2. The number of hydrogen-bond acceptors (Lipinski definition) is 2. The fourth-order valence-electron chi connectivity index (χ4n) is 13.8. The Morgan fingerprint density at radius 2 is 1.52 bits per heavy atom. The number of allylic oxidation sites excluding steroid dienone is 19. The highest BCUT2D eigenvalue weighted by Crippen LogP contribution is 2.56. The molecule has 2 aromatic carbocycles. The molecule has 12 rings (SSSR count). The topological polar surface area (TPSA) is 6.48 Å². The van der Waals surface area contributed by atoms with Crippen LogP contribution < -0.4 is 4.90 Å². The Kier molecular flexibility index (Phi) is 9.40. The van der Waals surface area contributed by atoms with Crippen LogP contribution in [0.25, 0.3) is 6.08 Å². The quantitative estimate of drug-likeness (QED) is 0.269. The molecule has 308 valence electrons. The molecule has 7 unspecified atom stereocenters. The number of hydrogen-bond donors (Lipinski definition) is 0. The van der Waals surface area contributed by atoms with Crippen LogP contribution >= 0.6 is 0 Å². The van der Waals surface area contributed by atoms with Crippen molar-refractivity contribution in [1.29, 1.82) is 0 Å². The first-order valence-electron chi connectivity index (χ1n) is 24.1. The molecule has 9 aliphatic carbocycles. The fourth-order valence-corrected chi connectivity index (χ4v) is 13.8. The number of fused-ring (bicyclic) bond motifs is 9. The molecule has 2 aromatic rings. The van der Waals surface area contributed by atoms with E-state index < -0.39 is 0 Å². The van der Waals surface area contributed by atoms with Crippen LogP contribution in [0, 0.1) is 17.8 Å². The predicted octanol–water partition coefficient (Wildman–Crippen LogP) is 14.7. The number of rotatable bonds is 6. The summed E-state index contributed by atoms with van der Waals surface area (Å²) >= 11 is 0. The summed E-state index contributed by atoms with van der Waals surface area (Å²) in [5.74, 6) is 2.26. The molecule has 2 nitrogen and oxygen atoms in total. The van der Waals surface area contributed by atoms with E-state index >= 15 is 0 Å². The van der Waals surface area contributed by atoms with Gasteiger partial charge in [0.1, 0.15) is 0 Å². The van der Waals surface area contributed by atoms with E-state index in [0.717, 1.165) is 38.5 Å². The summed E-state index contributed by atoms with van der Waals surface area (Å²) in [6.45, 7) is 4.91. The van der Waals surface area contributed by atoms with Crippen LogP contribution in [-0.2, 0) is 5.41 Å². The Balaban J connectivity index is 0.902. The van der Waals surface area contributed by atoms with E-state index in [2.05, 4.69) is 163 Å². The molecular formula is C59H62N2. The van der Waals surface area contributed by atoms with E-state index in [1.54, 1.807) is 33.4 Å². The van der Waals surface area contributed by atoms with Crippen molar-refractivity contribution in [3.63, 3.8) is 0 Å². The van der Waals surface area contributed by atoms with Crippen molar-refractivity contribution < 1.29 is 0 Å². The van der Waals surface area contributed by atoms with Crippen LogP contribution in [-0.4, -0.2) is 17.0 Å². The van der Waals surface area contributed by atoms with E-state index in [1.165, 1.54) is 84.3 Å². The third-order valence-corrected chi connectivity index (χ3v) is 16.7. The van der Waals surface area contributed by atoms with E-state index in [4.69, 9.17) is 0 Å². The fraction of sp³-hybridized carbons (Fsp3) is 0.390. The molecule has 1 aliphatic heterocycles. The van der Waals surface area contributed by atoms with Crippen molar-refractivity contribution in [1.82, 2.24) is 4.90 Å². The van der Waals surface area contributed by atoms with Gasteiger partial charge in [-0.2, -0.15) is 0 Å². The molecule has 10 aliphatic rings. The van der Waals surface area contributed by atoms with Crippen molar-refractivity contribution >= 4 is 11.8 Å². The lowest BCUT2D eigenvalue weighted by Crippen LogP contribution is -2.45. The Morgan fingerprint density at radius 1 is 0.689 bits per heavy atom. The van der Waals surface area contributed by atoms with Gasteiger partial charge in [0.25, 0.3) is 0 Å². The molecule has 0 saturated carbocycles. The van der Waals surface area contributed by atoms with Gasteiger partial charge in [-0.3, -0.25) is 4.90 Å². The first kappa shape index (κ1) is 37.8. The van der Waals surface area contributed by atoms with Crippen LogP contribution in [0.1, 0.15) is 132 Å². The van der Waals surface area contributed by atoms with Gasteiger partial charge < -0.3 is 4.90 Å². The zero-order chi connectivity index (χ0) is 40.7. The van der Waals surface area contributed by atoms with Gasteiger partial charge in [0.15, 0.2) is 0 Å². The smallest absolute Gasteiger partial charge is 0.0458 e. The molecule has 61 heavy (non-hydrogen) atoms. The van der Waals surface area contributed by atoms with Gasteiger partial charge in [-0.1, -0.05) is 140 Å². The molecule has 0 spiro atoms. The Labute approximate surface area is 365 Å². The molecule has 0 radical (unpaired) electrons. The summed E-state index contributed by atoms with van der Waals surface area (Å²) in [6.07, 6.45) is 54.8. The Hall–Kier alpha value is -4.92. The van der Waals surface area contributed by atoms with Crippen LogP contribution in [0.3, 0.4) is 0 Å². The van der Waals surface area contributed by atoms with Crippen molar-refractivity contribution in [2.45, 2.75) is 127 Å². The average molecular weight is 799 g/mol. The summed E-state index contributed by atoms with van der Waals surface area (Å²) < 4.78 is 0. The molecule has 7 atom stereocenters. The summed E-state index contributed by atoms with van der Waals surface area (Å²) in [7, 11) is 0. The van der Waals surface area contributed by atoms with Gasteiger partial charge in [-0.15, -0.1) is 0 Å². The Bertz CT molecular complexity index is 2550. The van der Waals surface area contributed by atoms with E-state index in [0.29, 0.717) is 41.8 Å². The number of anilines is 1. The molecule has 0 aromatic heterocycles. The SMILES string of the molecule is CC1(C)C2=CC=CCC2c2ccc(N(C3=CC=C(C4=CC=C5CCC=CC5C4)CC3)C3=CC=C(C4=CCCCC4N4C5CCC=CC5C5C=Cc6ccccc6C54)CC3)cc21. The monoisotopic (exact) mass is 798 g/mol. The zero-order valence-corrected chi connectivity index (χ0v) is 36.4. The summed E-state index contributed by atoms with van der Waals surface area (Å²) in [5.41, 5.74) is 19.7. The number of benzene rings is 2. The minimum absolute atomic E-state index is 0.0285. The lowest BCUT2D eigenvalue weighted by Gasteiger charge is -2.43. The highest BCUT2D eigenvalue weighted by Gasteiger charge is 2.52. The molecule has 0 N–H and O–H groups in total. The maximum atomic E-state index is 3.05. The van der Waals surface area contributed by atoms with E-state index in [1.807, 2.05) is 0 Å². The van der Waals surface area contributed by atoms with Gasteiger partial charge in [0.05, 0.1) is 0 Å². The molecule has 0 bridgehead atoms. The lowest BCUT2D eigenvalue weighted by atomic mass is 9.77. The second-order valence-corrected chi connectivity index (χ2v) is 20.2. The third-order valence-electron chi connectivity index (χ3n) is 16.7. The maximum absolute atomic E-state index is 3.05. The first-order chi connectivity index (χ1) is 30.0. The standard InChI is InChI=1S/C59H62N2/c1-59(2)54-20-10-7-18-50(54)51-36-34-47(38-55(51)59)60(45-30-25-40(26-31-45)44-24-23-39-13-3-4-15-43(39)37-44)46-32-27-42(28-33-46)48-16-8-11-21-56(48)61-57-22-12-9-19-52(57)53-35-29-41-14-5-6-17-49(41)58(53)61/h4-7,9-10,14-17,19-20,23-25,27,29-30,32,34-36,38,43,50,52-53,56-58H,3,8,11-13,18,21-22,26,28,31,33,37H2,1-2H3. The lowest BCUT2D eigenvalue weighted by molar-refractivity contribution is 0.120. The summed E-state index contributed by atoms with van der Waals surface area (Å²) in [6, 6.07) is 18.3. The van der Waals surface area contributed by atoms with Crippen LogP contribution in [0.2, 0.25) is 0 Å². The Morgan fingerprint density at radius 3 is 2.39 bits per heavy atom. The maximum Gasteiger partial charge on any atom is 0.0458 e. The molecule has 2 heteroatoms. The van der Waals surface area contributed by atoms with Crippen molar-refractivity contribution in [3.05, 3.63) is 201 Å². The van der Waals surface area contributed by atoms with Crippen LogP contribution in [0.15, 0.2) is 178 Å². The van der Waals surface area contributed by atoms with Gasteiger partial charge >= 0.3 is 0 Å². The molecular weight excluding hydrogens is 737 g/mol. The third kappa shape index (κ3) is 6.29. The molecule has 1 heterocycles. The summed E-state index contributed by atoms with van der Waals surface area (Å²) in [4.78, 5) is 5.73. The second-order valence-electron chi connectivity index (χ2n) is 20.2. The normalized spacial score (nSPS) is 31.7. The zero-order valence-electron chi connectivity index (χ0n) is 36.4. The highest BCUT2D eigenvalue weighted by molar-refractivity contribution is 5.68. The van der Waals surface area contributed by atoms with Gasteiger partial charge in [0.2, 0.25) is 0 Å². The molecule has 1 saturated heterocycles. The van der Waals surface area contributed by atoms with Crippen molar-refractivity contribution in [3.8, 4) is 0 Å². The minimum atomic E-state index is 0.0285.